The Labute approximate surface area is 91.5 Å². The zero-order valence-corrected chi connectivity index (χ0v) is 10.0. The molecule has 0 aliphatic carbocycles. The molecule has 0 aliphatic heterocycles. The third kappa shape index (κ3) is 2.77. The van der Waals surface area contributed by atoms with Crippen LogP contribution in [0.15, 0.2) is 24.3 Å². The van der Waals surface area contributed by atoms with Gasteiger partial charge >= 0.3 is 4.83 Å². The summed E-state index contributed by atoms with van der Waals surface area (Å²) >= 11 is 2.33. The molecule has 3 heteroatoms. The van der Waals surface area contributed by atoms with Crippen LogP contribution in [-0.4, -0.2) is 0 Å². The van der Waals surface area contributed by atoms with Crippen LogP contribution < -0.4 is 0 Å². The lowest BCUT2D eigenvalue weighted by molar-refractivity contribution is 0.114. The van der Waals surface area contributed by atoms with Crippen molar-refractivity contribution in [1.82, 2.24) is 0 Å². The first-order valence-electron chi connectivity index (χ1n) is 4.39. The summed E-state index contributed by atoms with van der Waals surface area (Å²) in [4.78, 5) is -2.93. The maximum absolute atomic E-state index is 12.8. The van der Waals surface area contributed by atoms with Gasteiger partial charge in [-0.05, 0) is 26.9 Å². The lowest BCUT2D eigenvalue weighted by atomic mass is 9.87. The lowest BCUT2D eigenvalue weighted by Gasteiger charge is -2.19. The van der Waals surface area contributed by atoms with Crippen molar-refractivity contribution in [3.63, 3.8) is 0 Å². The fourth-order valence-corrected chi connectivity index (χ4v) is 1.42. The average Bonchev–Trinajstić information content (AvgIpc) is 2.01. The highest BCUT2D eigenvalue weighted by Crippen LogP contribution is 2.35. The van der Waals surface area contributed by atoms with Crippen molar-refractivity contribution in [3.8, 4) is 0 Å². The molecule has 1 rings (SSSR count). The molecule has 1 aromatic rings. The highest BCUT2D eigenvalue weighted by molar-refractivity contribution is 9.09. The maximum atomic E-state index is 12.8. The van der Waals surface area contributed by atoms with Crippen LogP contribution >= 0.6 is 15.9 Å². The van der Waals surface area contributed by atoms with E-state index in [1.165, 1.54) is 12.1 Å². The summed E-state index contributed by atoms with van der Waals surface area (Å²) in [5.74, 6) is 0. The Kier molecular flexibility index (Phi) is 3.00. The van der Waals surface area contributed by atoms with Crippen molar-refractivity contribution in [3.05, 3.63) is 35.4 Å². The Morgan fingerprint density at radius 3 is 1.57 bits per heavy atom. The van der Waals surface area contributed by atoms with Crippen molar-refractivity contribution >= 4 is 15.9 Å². The molecule has 14 heavy (non-hydrogen) atoms. The summed E-state index contributed by atoms with van der Waals surface area (Å²) in [7, 11) is 0. The lowest BCUT2D eigenvalue weighted by Crippen LogP contribution is -2.11. The number of halogens is 3. The first kappa shape index (κ1) is 11.6. The molecule has 0 aliphatic rings. The predicted molar refractivity (Wildman–Crippen MR) is 58.0 cm³/mol. The molecular weight excluding hydrogens is 250 g/mol. The fraction of sp³-hybridized carbons (Fsp3) is 0.455. The summed E-state index contributed by atoms with van der Waals surface area (Å²) in [5, 5.41) is 0. The number of hydrogen-bond donors (Lipinski definition) is 0. The monoisotopic (exact) mass is 262 g/mol. The van der Waals surface area contributed by atoms with E-state index in [0.717, 1.165) is 5.56 Å². The molecule has 0 nitrogen and oxygen atoms in total. The van der Waals surface area contributed by atoms with Gasteiger partial charge in [-0.2, -0.15) is 8.78 Å². The summed E-state index contributed by atoms with van der Waals surface area (Å²) in [6.45, 7) is 6.15. The zero-order chi connectivity index (χ0) is 11.0. The van der Waals surface area contributed by atoms with Crippen LogP contribution in [-0.2, 0) is 10.2 Å². The first-order valence-corrected chi connectivity index (χ1v) is 5.18. The normalized spacial score (nSPS) is 13.0. The van der Waals surface area contributed by atoms with Crippen molar-refractivity contribution in [2.75, 3.05) is 0 Å². The molecule has 0 aromatic heterocycles. The number of hydrogen-bond acceptors (Lipinski definition) is 0. The highest BCUT2D eigenvalue weighted by Gasteiger charge is 2.27. The fourth-order valence-electron chi connectivity index (χ4n) is 1.16. The number of alkyl halides is 3. The SMILES string of the molecule is CC(C)(C)c1ccc(C(F)(F)Br)cc1. The Bertz CT molecular complexity index is 271. The van der Waals surface area contributed by atoms with E-state index in [-0.39, 0.29) is 11.0 Å². The summed E-state index contributed by atoms with van der Waals surface area (Å²) < 4.78 is 25.6. The summed E-state index contributed by atoms with van der Waals surface area (Å²) in [6, 6.07) is 6.39. The molecular formula is C11H13BrF2. The largest absolute Gasteiger partial charge is 0.326 e. The van der Waals surface area contributed by atoms with Crippen LogP contribution in [0.25, 0.3) is 0 Å². The van der Waals surface area contributed by atoms with E-state index in [2.05, 4.69) is 15.9 Å². The molecule has 0 fully saturated rings. The second-order valence-electron chi connectivity index (χ2n) is 4.33. The number of benzene rings is 1. The third-order valence-electron chi connectivity index (χ3n) is 2.08. The van der Waals surface area contributed by atoms with Crippen LogP contribution in [0.1, 0.15) is 31.9 Å². The second-order valence-corrected chi connectivity index (χ2v) is 5.32. The minimum atomic E-state index is -2.93. The van der Waals surface area contributed by atoms with Gasteiger partial charge in [-0.1, -0.05) is 45.0 Å². The molecule has 0 atom stereocenters. The zero-order valence-electron chi connectivity index (χ0n) is 8.44. The van der Waals surface area contributed by atoms with Crippen LogP contribution in [0.3, 0.4) is 0 Å². The van der Waals surface area contributed by atoms with Crippen molar-refractivity contribution in [2.24, 2.45) is 0 Å². The van der Waals surface area contributed by atoms with Gasteiger partial charge in [-0.25, -0.2) is 0 Å². The third-order valence-corrected chi connectivity index (χ3v) is 2.54. The van der Waals surface area contributed by atoms with Gasteiger partial charge in [0, 0.05) is 5.56 Å². The van der Waals surface area contributed by atoms with Gasteiger partial charge in [0.2, 0.25) is 0 Å². The minimum absolute atomic E-state index is 0.000128. The topological polar surface area (TPSA) is 0 Å². The van der Waals surface area contributed by atoms with Gasteiger partial charge in [0.15, 0.2) is 0 Å². The Balaban J connectivity index is 3.02. The smallest absolute Gasteiger partial charge is 0.188 e. The van der Waals surface area contributed by atoms with Crippen LogP contribution in [0.2, 0.25) is 0 Å². The molecule has 0 radical (unpaired) electrons. The highest BCUT2D eigenvalue weighted by atomic mass is 79.9. The molecule has 0 heterocycles. The Morgan fingerprint density at radius 1 is 0.929 bits per heavy atom. The van der Waals surface area contributed by atoms with Gasteiger partial charge in [-0.15, -0.1) is 0 Å². The van der Waals surface area contributed by atoms with E-state index in [4.69, 9.17) is 0 Å². The van der Waals surface area contributed by atoms with Gasteiger partial charge in [0.25, 0.3) is 0 Å². The molecule has 0 unspecified atom stereocenters. The van der Waals surface area contributed by atoms with E-state index in [1.807, 2.05) is 20.8 Å². The quantitative estimate of drug-likeness (QED) is 0.657. The van der Waals surface area contributed by atoms with E-state index in [9.17, 15) is 8.78 Å². The summed E-state index contributed by atoms with van der Waals surface area (Å²) in [5.41, 5.74) is 1.05. The van der Waals surface area contributed by atoms with Crippen LogP contribution in [0, 0.1) is 0 Å². The first-order chi connectivity index (χ1) is 6.21. The van der Waals surface area contributed by atoms with E-state index < -0.39 is 4.83 Å². The maximum Gasteiger partial charge on any atom is 0.326 e. The molecule has 0 amide bonds. The molecule has 0 saturated heterocycles. The average molecular weight is 263 g/mol. The van der Waals surface area contributed by atoms with Crippen LogP contribution in [0.4, 0.5) is 8.78 Å². The van der Waals surface area contributed by atoms with E-state index in [0.29, 0.717) is 0 Å². The van der Waals surface area contributed by atoms with Gasteiger partial charge in [0.1, 0.15) is 0 Å². The summed E-state index contributed by atoms with van der Waals surface area (Å²) in [6.07, 6.45) is 0. The Morgan fingerprint density at radius 2 is 1.29 bits per heavy atom. The second kappa shape index (κ2) is 3.61. The molecule has 78 valence electrons. The van der Waals surface area contributed by atoms with Gasteiger partial charge in [0.05, 0.1) is 0 Å². The van der Waals surface area contributed by atoms with Crippen LogP contribution in [0.5, 0.6) is 0 Å². The van der Waals surface area contributed by atoms with Crippen molar-refractivity contribution < 1.29 is 8.78 Å². The van der Waals surface area contributed by atoms with Gasteiger partial charge in [-0.3, -0.25) is 0 Å². The van der Waals surface area contributed by atoms with Crippen molar-refractivity contribution in [1.29, 1.82) is 0 Å². The molecule has 1 aromatic carbocycles. The van der Waals surface area contributed by atoms with Crippen molar-refractivity contribution in [2.45, 2.75) is 31.0 Å². The molecule has 0 N–H and O–H groups in total. The predicted octanol–water partition coefficient (Wildman–Crippen LogP) is 4.43. The van der Waals surface area contributed by atoms with E-state index >= 15 is 0 Å². The molecule has 0 spiro atoms. The minimum Gasteiger partial charge on any atom is -0.188 e. The standard InChI is InChI=1S/C11H13BrF2/c1-10(2,3)8-4-6-9(7-5-8)11(12,13)14/h4-7H,1-3H3. The van der Waals surface area contributed by atoms with E-state index in [1.54, 1.807) is 12.1 Å². The number of rotatable bonds is 1. The molecule has 0 bridgehead atoms. The molecule has 0 saturated carbocycles. The Hall–Kier alpha value is -0.440. The van der Waals surface area contributed by atoms with Gasteiger partial charge < -0.3 is 0 Å².